The van der Waals surface area contributed by atoms with Gasteiger partial charge in [-0.05, 0) is 38.0 Å². The highest BCUT2D eigenvalue weighted by Gasteiger charge is 2.25. The number of carbonyl (C=O) groups excluding carboxylic acids is 1. The van der Waals surface area contributed by atoms with Crippen molar-refractivity contribution < 1.29 is 9.18 Å². The van der Waals surface area contributed by atoms with E-state index in [1.165, 1.54) is 12.1 Å². The van der Waals surface area contributed by atoms with Crippen LogP contribution in [-0.4, -0.2) is 53.6 Å². The summed E-state index contributed by atoms with van der Waals surface area (Å²) in [5, 5.41) is 2.86. The Hall–Kier alpha value is -2.70. The zero-order valence-corrected chi connectivity index (χ0v) is 16.8. The maximum atomic E-state index is 13.3. The van der Waals surface area contributed by atoms with E-state index >= 15 is 0 Å². The molecule has 0 atom stereocenters. The van der Waals surface area contributed by atoms with E-state index in [4.69, 9.17) is 4.98 Å². The zero-order valence-electron chi connectivity index (χ0n) is 16.8. The number of hydrogen-bond donors (Lipinski definition) is 1. The van der Waals surface area contributed by atoms with Crippen LogP contribution in [0, 0.1) is 12.7 Å². The summed E-state index contributed by atoms with van der Waals surface area (Å²) < 4.78 is 13.3. The van der Waals surface area contributed by atoms with Gasteiger partial charge in [0.2, 0.25) is 0 Å². The monoisotopic (exact) mass is 385 g/mol. The standard InChI is InChI=1S/C21H28FN5O/c1-4-19-18(14-16-6-8-17(22)9-7-16)20(25-15(3)24-19)26-10-12-27(13-11-26)21(28)23-5-2/h6-9H,4-5,10-14H2,1-3H3,(H,23,28). The summed E-state index contributed by atoms with van der Waals surface area (Å²) in [6, 6.07) is 6.58. The van der Waals surface area contributed by atoms with Gasteiger partial charge in [-0.15, -0.1) is 0 Å². The summed E-state index contributed by atoms with van der Waals surface area (Å²) >= 11 is 0. The van der Waals surface area contributed by atoms with E-state index in [0.29, 0.717) is 26.1 Å². The van der Waals surface area contributed by atoms with Crippen molar-refractivity contribution in [2.75, 3.05) is 37.6 Å². The van der Waals surface area contributed by atoms with Gasteiger partial charge < -0.3 is 15.1 Å². The maximum absolute atomic E-state index is 13.3. The molecule has 0 saturated carbocycles. The number of halogens is 1. The van der Waals surface area contributed by atoms with Crippen molar-refractivity contribution in [1.29, 1.82) is 0 Å². The average molecular weight is 385 g/mol. The number of amides is 2. The van der Waals surface area contributed by atoms with Crippen molar-refractivity contribution in [1.82, 2.24) is 20.2 Å². The molecule has 3 rings (SSSR count). The van der Waals surface area contributed by atoms with Crippen molar-refractivity contribution >= 4 is 11.8 Å². The molecule has 0 spiro atoms. The van der Waals surface area contributed by atoms with Crippen LogP contribution in [0.15, 0.2) is 24.3 Å². The molecule has 150 valence electrons. The molecule has 7 heteroatoms. The number of nitrogens with one attached hydrogen (secondary N) is 1. The van der Waals surface area contributed by atoms with Gasteiger partial charge in [0.25, 0.3) is 0 Å². The van der Waals surface area contributed by atoms with E-state index in [2.05, 4.69) is 22.1 Å². The van der Waals surface area contributed by atoms with Crippen molar-refractivity contribution in [3.63, 3.8) is 0 Å². The number of hydrogen-bond acceptors (Lipinski definition) is 4. The lowest BCUT2D eigenvalue weighted by Crippen LogP contribution is -2.52. The van der Waals surface area contributed by atoms with E-state index in [0.717, 1.165) is 48.0 Å². The van der Waals surface area contributed by atoms with Crippen LogP contribution < -0.4 is 10.2 Å². The number of aromatic nitrogens is 2. The molecule has 0 aliphatic carbocycles. The summed E-state index contributed by atoms with van der Waals surface area (Å²) in [6.45, 7) is 9.33. The Balaban J connectivity index is 1.85. The molecule has 28 heavy (non-hydrogen) atoms. The van der Waals surface area contributed by atoms with Crippen LogP contribution in [0.4, 0.5) is 15.0 Å². The molecule has 1 aliphatic heterocycles. The lowest BCUT2D eigenvalue weighted by Gasteiger charge is -2.36. The van der Waals surface area contributed by atoms with Gasteiger partial charge in [-0.1, -0.05) is 19.1 Å². The number of urea groups is 1. The van der Waals surface area contributed by atoms with E-state index in [-0.39, 0.29) is 11.8 Å². The van der Waals surface area contributed by atoms with Crippen LogP contribution in [0.25, 0.3) is 0 Å². The molecule has 6 nitrogen and oxygen atoms in total. The molecule has 0 radical (unpaired) electrons. The molecule has 1 N–H and O–H groups in total. The third-order valence-corrected chi connectivity index (χ3v) is 5.01. The zero-order chi connectivity index (χ0) is 20.1. The Morgan fingerprint density at radius 1 is 1.11 bits per heavy atom. The SMILES string of the molecule is CCNC(=O)N1CCN(c2nc(C)nc(CC)c2Cc2ccc(F)cc2)CC1. The smallest absolute Gasteiger partial charge is 0.317 e. The maximum Gasteiger partial charge on any atom is 0.317 e. The van der Waals surface area contributed by atoms with E-state index in [1.807, 2.05) is 30.9 Å². The van der Waals surface area contributed by atoms with Gasteiger partial charge in [0.15, 0.2) is 0 Å². The lowest BCUT2D eigenvalue weighted by atomic mass is 10.0. The Kier molecular flexibility index (Phi) is 6.44. The van der Waals surface area contributed by atoms with E-state index in [1.54, 1.807) is 0 Å². The second kappa shape index (κ2) is 8.99. The molecule has 1 aromatic heterocycles. The van der Waals surface area contributed by atoms with Crippen LogP contribution in [0.1, 0.15) is 36.5 Å². The second-order valence-electron chi connectivity index (χ2n) is 6.99. The third-order valence-electron chi connectivity index (χ3n) is 5.01. The molecule has 1 aromatic carbocycles. The number of nitrogens with zero attached hydrogens (tertiary/aromatic N) is 4. The fraction of sp³-hybridized carbons (Fsp3) is 0.476. The normalized spacial score (nSPS) is 14.3. The first-order valence-corrected chi connectivity index (χ1v) is 9.90. The summed E-state index contributed by atoms with van der Waals surface area (Å²) in [5.74, 6) is 1.45. The highest BCUT2D eigenvalue weighted by atomic mass is 19.1. The fourth-order valence-corrected chi connectivity index (χ4v) is 3.56. The van der Waals surface area contributed by atoms with Crippen LogP contribution in [0.3, 0.4) is 0 Å². The first-order valence-electron chi connectivity index (χ1n) is 9.90. The minimum Gasteiger partial charge on any atom is -0.353 e. The van der Waals surface area contributed by atoms with Gasteiger partial charge in [-0.2, -0.15) is 0 Å². The number of rotatable bonds is 5. The Morgan fingerprint density at radius 3 is 2.39 bits per heavy atom. The van der Waals surface area contributed by atoms with Crippen LogP contribution in [-0.2, 0) is 12.8 Å². The summed E-state index contributed by atoms with van der Waals surface area (Å²) in [6.07, 6.45) is 1.47. The van der Waals surface area contributed by atoms with E-state index < -0.39 is 0 Å². The Bertz CT molecular complexity index is 816. The predicted molar refractivity (Wildman–Crippen MR) is 108 cm³/mol. The molecule has 1 fully saturated rings. The molecule has 2 aromatic rings. The first kappa shape index (κ1) is 20.0. The van der Waals surface area contributed by atoms with Gasteiger partial charge in [0.1, 0.15) is 17.5 Å². The van der Waals surface area contributed by atoms with Crippen LogP contribution in [0.5, 0.6) is 0 Å². The number of benzene rings is 1. The van der Waals surface area contributed by atoms with E-state index in [9.17, 15) is 9.18 Å². The largest absolute Gasteiger partial charge is 0.353 e. The molecule has 2 amide bonds. The number of anilines is 1. The minimum atomic E-state index is -0.235. The lowest BCUT2D eigenvalue weighted by molar-refractivity contribution is 0.195. The quantitative estimate of drug-likeness (QED) is 0.860. The molecule has 0 bridgehead atoms. The number of aryl methyl sites for hydroxylation is 2. The summed E-state index contributed by atoms with van der Waals surface area (Å²) in [7, 11) is 0. The van der Waals surface area contributed by atoms with Crippen LogP contribution in [0.2, 0.25) is 0 Å². The third kappa shape index (κ3) is 4.58. The number of carbonyl (C=O) groups is 1. The molecular formula is C21H28FN5O. The molecular weight excluding hydrogens is 357 g/mol. The first-order chi connectivity index (χ1) is 13.5. The molecule has 0 unspecified atom stereocenters. The topological polar surface area (TPSA) is 61.4 Å². The average Bonchev–Trinajstić information content (AvgIpc) is 2.71. The molecule has 1 aliphatic rings. The van der Waals surface area contributed by atoms with Gasteiger partial charge in [-0.25, -0.2) is 19.2 Å². The Labute approximate surface area is 165 Å². The molecule has 1 saturated heterocycles. The molecule has 2 heterocycles. The van der Waals surface area contributed by atoms with Crippen molar-refractivity contribution in [3.05, 3.63) is 52.7 Å². The van der Waals surface area contributed by atoms with Gasteiger partial charge in [0.05, 0.1) is 0 Å². The highest BCUT2D eigenvalue weighted by Crippen LogP contribution is 2.26. The van der Waals surface area contributed by atoms with Crippen molar-refractivity contribution in [3.8, 4) is 0 Å². The van der Waals surface area contributed by atoms with Crippen molar-refractivity contribution in [2.24, 2.45) is 0 Å². The highest BCUT2D eigenvalue weighted by molar-refractivity contribution is 5.74. The number of piperazine rings is 1. The summed E-state index contributed by atoms with van der Waals surface area (Å²) in [4.78, 5) is 25.5. The minimum absolute atomic E-state index is 0.0122. The second-order valence-corrected chi connectivity index (χ2v) is 6.99. The fourth-order valence-electron chi connectivity index (χ4n) is 3.56. The van der Waals surface area contributed by atoms with Gasteiger partial charge in [-0.3, -0.25) is 0 Å². The Morgan fingerprint density at radius 2 is 1.79 bits per heavy atom. The van der Waals surface area contributed by atoms with Crippen molar-refractivity contribution in [2.45, 2.75) is 33.6 Å². The van der Waals surface area contributed by atoms with Gasteiger partial charge in [0, 0.05) is 50.4 Å². The van der Waals surface area contributed by atoms with Crippen LogP contribution >= 0.6 is 0 Å². The van der Waals surface area contributed by atoms with Gasteiger partial charge >= 0.3 is 6.03 Å². The summed E-state index contributed by atoms with van der Waals surface area (Å²) in [5.41, 5.74) is 3.15. The predicted octanol–water partition coefficient (Wildman–Crippen LogP) is 2.93.